The Bertz CT molecular complexity index is 870. The largest absolute Gasteiger partial charge is 0.311 e. The molecule has 0 saturated heterocycles. The molecule has 0 aliphatic heterocycles. The summed E-state index contributed by atoms with van der Waals surface area (Å²) in [6.45, 7) is 16.2. The smallest absolute Gasteiger partial charge is 0.259 e. The topological polar surface area (TPSA) is 37.4 Å². The summed E-state index contributed by atoms with van der Waals surface area (Å²) in [4.78, 5) is 26.4. The van der Waals surface area contributed by atoms with Crippen LogP contribution in [0, 0.1) is 33.6 Å². The lowest BCUT2D eigenvalue weighted by molar-refractivity contribution is 0.0985. The first-order valence-electron chi connectivity index (χ1n) is 9.85. The van der Waals surface area contributed by atoms with Crippen LogP contribution in [0.5, 0.6) is 0 Å². The van der Waals surface area contributed by atoms with Gasteiger partial charge >= 0.3 is 0 Å². The monoisotopic (exact) mass is 393 g/mol. The highest BCUT2D eigenvalue weighted by atomic mass is 16.2. The van der Waals surface area contributed by atoms with Gasteiger partial charge in [-0.25, -0.2) is 0 Å². The SMILES string of the molecule is C#C.CC.Cc1cccc(N(C)C(=O)c2c(C)cc(C(C)(C)C)cc2C=O)c1C. The lowest BCUT2D eigenvalue weighted by Gasteiger charge is -2.25. The number of amides is 1. The van der Waals surface area contributed by atoms with E-state index in [2.05, 4.69) is 33.6 Å². The fourth-order valence-corrected chi connectivity index (χ4v) is 3.01. The molecule has 0 aromatic heterocycles. The van der Waals surface area contributed by atoms with Crippen molar-refractivity contribution >= 4 is 17.9 Å². The van der Waals surface area contributed by atoms with Crippen LogP contribution in [0.1, 0.15) is 77.6 Å². The second-order valence-corrected chi connectivity index (χ2v) is 7.71. The standard InChI is InChI=1S/C22H27NO2.C2H6.C2H2/c1-14-9-8-10-19(16(14)3)23(7)21(25)20-15(2)11-18(22(4,5)6)12-17(20)13-24;2*1-2/h8-13H,1-7H3;1-2H3;1-2H. The summed E-state index contributed by atoms with van der Waals surface area (Å²) in [6, 6.07) is 9.75. The Balaban J connectivity index is 0.00000184. The van der Waals surface area contributed by atoms with E-state index in [9.17, 15) is 9.59 Å². The molecular formula is C26H35NO2. The molecule has 0 bridgehead atoms. The van der Waals surface area contributed by atoms with Crippen LogP contribution in [0.2, 0.25) is 0 Å². The van der Waals surface area contributed by atoms with Gasteiger partial charge in [-0.2, -0.15) is 0 Å². The van der Waals surface area contributed by atoms with Crippen molar-refractivity contribution in [3.63, 3.8) is 0 Å². The Morgan fingerprint density at radius 3 is 2.03 bits per heavy atom. The molecule has 2 rings (SSSR count). The zero-order chi connectivity index (χ0) is 22.9. The van der Waals surface area contributed by atoms with Crippen LogP contribution in [0.15, 0.2) is 30.3 Å². The molecular weight excluding hydrogens is 358 g/mol. The molecule has 0 aliphatic rings. The molecule has 29 heavy (non-hydrogen) atoms. The molecule has 0 aliphatic carbocycles. The molecule has 3 heteroatoms. The predicted molar refractivity (Wildman–Crippen MR) is 125 cm³/mol. The molecule has 3 nitrogen and oxygen atoms in total. The Labute approximate surface area is 177 Å². The van der Waals surface area contributed by atoms with E-state index in [1.807, 2.05) is 65.0 Å². The molecule has 0 atom stereocenters. The summed E-state index contributed by atoms with van der Waals surface area (Å²) in [6.07, 6.45) is 8.78. The first kappa shape index (κ1) is 26.1. The molecule has 0 fully saturated rings. The molecule has 0 spiro atoms. The normalized spacial score (nSPS) is 10.0. The number of nitrogens with zero attached hydrogens (tertiary/aromatic N) is 1. The van der Waals surface area contributed by atoms with Gasteiger partial charge < -0.3 is 4.90 Å². The second-order valence-electron chi connectivity index (χ2n) is 7.71. The number of hydrogen-bond acceptors (Lipinski definition) is 2. The maximum absolute atomic E-state index is 13.1. The second kappa shape index (κ2) is 11.2. The number of hydrogen-bond donors (Lipinski definition) is 0. The van der Waals surface area contributed by atoms with Crippen LogP contribution in [-0.2, 0) is 5.41 Å². The number of aldehydes is 1. The summed E-state index contributed by atoms with van der Waals surface area (Å²) in [5, 5.41) is 0. The zero-order valence-electron chi connectivity index (χ0n) is 19.4. The Hall–Kier alpha value is -2.86. The van der Waals surface area contributed by atoms with E-state index >= 15 is 0 Å². The van der Waals surface area contributed by atoms with E-state index in [4.69, 9.17) is 0 Å². The minimum atomic E-state index is -0.159. The van der Waals surface area contributed by atoms with Gasteiger partial charge in [-0.1, -0.05) is 52.8 Å². The van der Waals surface area contributed by atoms with Gasteiger partial charge in [-0.05, 0) is 60.6 Å². The van der Waals surface area contributed by atoms with Crippen LogP contribution < -0.4 is 4.90 Å². The number of benzene rings is 2. The third-order valence-corrected chi connectivity index (χ3v) is 4.81. The van der Waals surface area contributed by atoms with Gasteiger partial charge in [0.15, 0.2) is 6.29 Å². The quantitative estimate of drug-likeness (QED) is 0.455. The van der Waals surface area contributed by atoms with Crippen LogP contribution in [0.4, 0.5) is 5.69 Å². The molecule has 0 unspecified atom stereocenters. The van der Waals surface area contributed by atoms with Crippen molar-refractivity contribution in [1.82, 2.24) is 0 Å². The van der Waals surface area contributed by atoms with Gasteiger partial charge in [0.2, 0.25) is 0 Å². The van der Waals surface area contributed by atoms with E-state index in [1.54, 1.807) is 11.9 Å². The lowest BCUT2D eigenvalue weighted by atomic mass is 9.83. The molecule has 0 heterocycles. The third-order valence-electron chi connectivity index (χ3n) is 4.81. The van der Waals surface area contributed by atoms with Crippen LogP contribution in [0.3, 0.4) is 0 Å². The number of carbonyl (C=O) groups excluding carboxylic acids is 2. The van der Waals surface area contributed by atoms with Crippen molar-refractivity contribution in [3.8, 4) is 12.8 Å². The van der Waals surface area contributed by atoms with Crippen molar-refractivity contribution in [2.75, 3.05) is 11.9 Å². The van der Waals surface area contributed by atoms with Gasteiger partial charge in [0.05, 0.1) is 5.56 Å². The molecule has 156 valence electrons. The first-order chi connectivity index (χ1) is 13.6. The average Bonchev–Trinajstić information content (AvgIpc) is 2.70. The van der Waals surface area contributed by atoms with E-state index < -0.39 is 0 Å². The van der Waals surface area contributed by atoms with E-state index in [0.717, 1.165) is 34.2 Å². The number of aryl methyl sites for hydroxylation is 2. The van der Waals surface area contributed by atoms with Gasteiger partial charge in [0.25, 0.3) is 5.91 Å². The summed E-state index contributed by atoms with van der Waals surface area (Å²) in [7, 11) is 1.76. The first-order valence-corrected chi connectivity index (χ1v) is 9.85. The van der Waals surface area contributed by atoms with E-state index in [-0.39, 0.29) is 11.3 Å². The highest BCUT2D eigenvalue weighted by Gasteiger charge is 2.24. The Morgan fingerprint density at radius 2 is 1.55 bits per heavy atom. The van der Waals surface area contributed by atoms with Gasteiger partial charge in [0.1, 0.15) is 0 Å². The van der Waals surface area contributed by atoms with Gasteiger partial charge in [0, 0.05) is 18.3 Å². The van der Waals surface area contributed by atoms with Crippen molar-refractivity contribution in [2.24, 2.45) is 0 Å². The highest BCUT2D eigenvalue weighted by molar-refractivity contribution is 6.11. The average molecular weight is 394 g/mol. The fourth-order valence-electron chi connectivity index (χ4n) is 3.01. The minimum absolute atomic E-state index is 0.0802. The Kier molecular flexibility index (Phi) is 10.1. The van der Waals surface area contributed by atoms with Crippen LogP contribution in [-0.4, -0.2) is 19.2 Å². The van der Waals surface area contributed by atoms with Gasteiger partial charge in [-0.15, -0.1) is 12.8 Å². The third kappa shape index (κ3) is 6.06. The van der Waals surface area contributed by atoms with Crippen LogP contribution >= 0.6 is 0 Å². The van der Waals surface area contributed by atoms with Gasteiger partial charge in [-0.3, -0.25) is 9.59 Å². The zero-order valence-corrected chi connectivity index (χ0v) is 19.4. The molecule has 1 amide bonds. The number of rotatable bonds is 3. The predicted octanol–water partition coefficient (Wildman–Crippen LogP) is 6.27. The van der Waals surface area contributed by atoms with Crippen molar-refractivity contribution in [2.45, 2.75) is 60.8 Å². The Morgan fingerprint density at radius 1 is 1.00 bits per heavy atom. The summed E-state index contributed by atoms with van der Waals surface area (Å²) >= 11 is 0. The van der Waals surface area contributed by atoms with Crippen molar-refractivity contribution in [1.29, 1.82) is 0 Å². The number of carbonyl (C=O) groups is 2. The summed E-state index contributed by atoms with van der Waals surface area (Å²) in [5.41, 5.74) is 5.79. The lowest BCUT2D eigenvalue weighted by Crippen LogP contribution is -2.29. The fraction of sp³-hybridized carbons (Fsp3) is 0.385. The highest BCUT2D eigenvalue weighted by Crippen LogP contribution is 2.29. The number of anilines is 1. The maximum atomic E-state index is 13.1. The summed E-state index contributed by atoms with van der Waals surface area (Å²) in [5.74, 6) is -0.159. The molecule has 2 aromatic rings. The molecule has 0 N–H and O–H groups in total. The molecule has 0 radical (unpaired) electrons. The number of terminal acetylenes is 1. The van der Waals surface area contributed by atoms with Crippen molar-refractivity contribution in [3.05, 3.63) is 63.7 Å². The molecule has 2 aromatic carbocycles. The minimum Gasteiger partial charge on any atom is -0.311 e. The van der Waals surface area contributed by atoms with Crippen molar-refractivity contribution < 1.29 is 9.59 Å². The van der Waals surface area contributed by atoms with E-state index in [1.165, 1.54) is 0 Å². The van der Waals surface area contributed by atoms with Crippen LogP contribution in [0.25, 0.3) is 0 Å². The maximum Gasteiger partial charge on any atom is 0.259 e. The van der Waals surface area contributed by atoms with E-state index in [0.29, 0.717) is 11.1 Å². The molecule has 0 saturated carbocycles. The summed E-state index contributed by atoms with van der Waals surface area (Å²) < 4.78 is 0.